The molecule has 0 bridgehead atoms. The average Bonchev–Trinajstić information content (AvgIpc) is 2.16. The molecule has 1 aliphatic heterocycles. The summed E-state index contributed by atoms with van der Waals surface area (Å²) < 4.78 is 0. The summed E-state index contributed by atoms with van der Waals surface area (Å²) in [5.74, 6) is 0.760. The van der Waals surface area contributed by atoms with Crippen molar-refractivity contribution in [2.45, 2.75) is 25.1 Å². The van der Waals surface area contributed by atoms with Crippen molar-refractivity contribution in [1.29, 1.82) is 0 Å². The maximum atomic E-state index is 4.14. The monoisotopic (exact) mass is 268 g/mol. The molecule has 0 saturated carbocycles. The number of pyridine rings is 1. The van der Waals surface area contributed by atoms with Gasteiger partial charge in [-0.15, -0.1) is 0 Å². The Morgan fingerprint density at radius 3 is 2.93 bits per heavy atom. The molecule has 3 heteroatoms. The van der Waals surface area contributed by atoms with Gasteiger partial charge in [0.25, 0.3) is 0 Å². The van der Waals surface area contributed by atoms with E-state index in [1.807, 2.05) is 12.4 Å². The van der Waals surface area contributed by atoms with Gasteiger partial charge < -0.3 is 4.90 Å². The largest absolute Gasteiger partial charge is 0.370 e. The molecule has 0 radical (unpaired) electrons. The summed E-state index contributed by atoms with van der Waals surface area (Å²) in [6.45, 7) is 6.71. The Balaban J connectivity index is 2.20. The van der Waals surface area contributed by atoms with E-state index in [4.69, 9.17) is 0 Å². The normalized spacial score (nSPS) is 26.7. The highest BCUT2D eigenvalue weighted by Gasteiger charge is 2.23. The molecule has 2 rings (SSSR count). The molecule has 2 nitrogen and oxygen atoms in total. The molecule has 1 aromatic rings. The minimum Gasteiger partial charge on any atom is -0.370 e. The van der Waals surface area contributed by atoms with E-state index in [0.29, 0.717) is 4.83 Å². The molecule has 0 N–H and O–H groups in total. The number of rotatable bonds is 1. The van der Waals surface area contributed by atoms with Gasteiger partial charge in [0.2, 0.25) is 0 Å². The molecule has 1 saturated heterocycles. The summed E-state index contributed by atoms with van der Waals surface area (Å²) in [7, 11) is 0. The fourth-order valence-corrected chi connectivity index (χ4v) is 3.28. The van der Waals surface area contributed by atoms with Gasteiger partial charge >= 0.3 is 0 Å². The highest BCUT2D eigenvalue weighted by atomic mass is 79.9. The molecule has 2 atom stereocenters. The van der Waals surface area contributed by atoms with Gasteiger partial charge in [0.05, 0.1) is 0 Å². The van der Waals surface area contributed by atoms with Crippen LogP contribution in [0.2, 0.25) is 0 Å². The zero-order chi connectivity index (χ0) is 10.8. The molecule has 0 aromatic carbocycles. The SMILES string of the molecule is Cc1cnccc1N1CC(C)CC(Br)C1. The minimum atomic E-state index is 0.619. The van der Waals surface area contributed by atoms with Crippen molar-refractivity contribution in [2.75, 3.05) is 18.0 Å². The highest BCUT2D eigenvalue weighted by Crippen LogP contribution is 2.27. The van der Waals surface area contributed by atoms with Crippen LogP contribution in [0.25, 0.3) is 0 Å². The van der Waals surface area contributed by atoms with Crippen LogP contribution in [0.4, 0.5) is 5.69 Å². The van der Waals surface area contributed by atoms with Crippen molar-refractivity contribution in [3.63, 3.8) is 0 Å². The van der Waals surface area contributed by atoms with Gasteiger partial charge in [0.1, 0.15) is 0 Å². The van der Waals surface area contributed by atoms with Gasteiger partial charge in [0.15, 0.2) is 0 Å². The van der Waals surface area contributed by atoms with Crippen molar-refractivity contribution in [3.8, 4) is 0 Å². The van der Waals surface area contributed by atoms with Crippen molar-refractivity contribution in [3.05, 3.63) is 24.0 Å². The van der Waals surface area contributed by atoms with Crippen LogP contribution in [0.3, 0.4) is 0 Å². The molecule has 15 heavy (non-hydrogen) atoms. The molecular weight excluding hydrogens is 252 g/mol. The van der Waals surface area contributed by atoms with Crippen LogP contribution in [0.5, 0.6) is 0 Å². The topological polar surface area (TPSA) is 16.1 Å². The Morgan fingerprint density at radius 1 is 1.47 bits per heavy atom. The quantitative estimate of drug-likeness (QED) is 0.728. The first kappa shape index (κ1) is 10.9. The van der Waals surface area contributed by atoms with E-state index in [9.17, 15) is 0 Å². The van der Waals surface area contributed by atoms with E-state index in [-0.39, 0.29) is 0 Å². The van der Waals surface area contributed by atoms with Crippen LogP contribution in [0, 0.1) is 12.8 Å². The molecule has 0 amide bonds. The molecular formula is C12H17BrN2. The molecule has 0 spiro atoms. The van der Waals surface area contributed by atoms with Crippen molar-refractivity contribution in [1.82, 2.24) is 4.98 Å². The lowest BCUT2D eigenvalue weighted by Gasteiger charge is -2.36. The number of hydrogen-bond donors (Lipinski definition) is 0. The van der Waals surface area contributed by atoms with E-state index in [1.54, 1.807) is 0 Å². The Morgan fingerprint density at radius 2 is 2.27 bits per heavy atom. The average molecular weight is 269 g/mol. The van der Waals surface area contributed by atoms with Gasteiger partial charge in [-0.3, -0.25) is 4.98 Å². The fraction of sp³-hybridized carbons (Fsp3) is 0.583. The summed E-state index contributed by atoms with van der Waals surface area (Å²) >= 11 is 3.73. The number of aromatic nitrogens is 1. The summed E-state index contributed by atoms with van der Waals surface area (Å²) in [6, 6.07) is 2.12. The van der Waals surface area contributed by atoms with E-state index >= 15 is 0 Å². The Hall–Kier alpha value is -0.570. The number of hydrogen-bond acceptors (Lipinski definition) is 2. The number of piperidine rings is 1. The van der Waals surface area contributed by atoms with Crippen molar-refractivity contribution >= 4 is 21.6 Å². The molecule has 2 heterocycles. The molecule has 1 aliphatic rings. The van der Waals surface area contributed by atoms with Crippen molar-refractivity contribution < 1.29 is 0 Å². The van der Waals surface area contributed by atoms with Crippen molar-refractivity contribution in [2.24, 2.45) is 5.92 Å². The lowest BCUT2D eigenvalue weighted by molar-refractivity contribution is 0.459. The first-order chi connectivity index (χ1) is 7.16. The van der Waals surface area contributed by atoms with Crippen LogP contribution in [-0.2, 0) is 0 Å². The van der Waals surface area contributed by atoms with E-state index < -0.39 is 0 Å². The number of nitrogens with zero attached hydrogens (tertiary/aromatic N) is 2. The maximum Gasteiger partial charge on any atom is 0.0427 e. The zero-order valence-corrected chi connectivity index (χ0v) is 10.9. The third-order valence-electron chi connectivity index (χ3n) is 2.94. The predicted molar refractivity (Wildman–Crippen MR) is 67.7 cm³/mol. The fourth-order valence-electron chi connectivity index (χ4n) is 2.29. The first-order valence-electron chi connectivity index (χ1n) is 5.46. The molecule has 0 aliphatic carbocycles. The summed E-state index contributed by atoms with van der Waals surface area (Å²) in [6.07, 6.45) is 5.10. The lowest BCUT2D eigenvalue weighted by atomic mass is 9.99. The van der Waals surface area contributed by atoms with E-state index in [0.717, 1.165) is 19.0 Å². The van der Waals surface area contributed by atoms with Gasteiger partial charge in [-0.05, 0) is 30.9 Å². The highest BCUT2D eigenvalue weighted by molar-refractivity contribution is 9.09. The number of anilines is 1. The minimum absolute atomic E-state index is 0.619. The van der Waals surface area contributed by atoms with Crippen LogP contribution in [0.1, 0.15) is 18.9 Å². The molecule has 1 aromatic heterocycles. The summed E-state index contributed by atoms with van der Waals surface area (Å²) in [4.78, 5) is 7.22. The second-order valence-corrected chi connectivity index (χ2v) is 5.80. The Bertz CT molecular complexity index is 330. The Labute approximate surface area is 99.8 Å². The summed E-state index contributed by atoms with van der Waals surface area (Å²) in [5, 5.41) is 0. The first-order valence-corrected chi connectivity index (χ1v) is 6.38. The third kappa shape index (κ3) is 2.51. The van der Waals surface area contributed by atoms with Crippen LogP contribution >= 0.6 is 15.9 Å². The van der Waals surface area contributed by atoms with Crippen LogP contribution in [-0.4, -0.2) is 22.9 Å². The lowest BCUT2D eigenvalue weighted by Crippen LogP contribution is -2.40. The number of halogens is 1. The third-order valence-corrected chi connectivity index (χ3v) is 3.60. The van der Waals surface area contributed by atoms with Gasteiger partial charge in [-0.25, -0.2) is 0 Å². The molecule has 1 fully saturated rings. The van der Waals surface area contributed by atoms with Gasteiger partial charge in [-0.1, -0.05) is 22.9 Å². The maximum absolute atomic E-state index is 4.14. The summed E-state index contributed by atoms with van der Waals surface area (Å²) in [5.41, 5.74) is 2.60. The standard InChI is InChI=1S/C12H17BrN2/c1-9-5-11(13)8-15(7-9)12-3-4-14-6-10(12)2/h3-4,6,9,11H,5,7-8H2,1-2H3. The van der Waals surface area contributed by atoms with Crippen LogP contribution in [0.15, 0.2) is 18.5 Å². The second kappa shape index (κ2) is 4.52. The van der Waals surface area contributed by atoms with Gasteiger partial charge in [0, 0.05) is 36.0 Å². The smallest absolute Gasteiger partial charge is 0.0427 e. The van der Waals surface area contributed by atoms with E-state index in [1.165, 1.54) is 17.7 Å². The molecule has 2 unspecified atom stereocenters. The number of alkyl halides is 1. The predicted octanol–water partition coefficient (Wildman–Crippen LogP) is 3.00. The number of aryl methyl sites for hydroxylation is 1. The van der Waals surface area contributed by atoms with E-state index in [2.05, 4.69) is 45.7 Å². The van der Waals surface area contributed by atoms with Gasteiger partial charge in [-0.2, -0.15) is 0 Å². The van der Waals surface area contributed by atoms with Crippen LogP contribution < -0.4 is 4.90 Å². The second-order valence-electron chi connectivity index (χ2n) is 4.51. The molecule has 82 valence electrons. The Kier molecular flexibility index (Phi) is 3.29. The zero-order valence-electron chi connectivity index (χ0n) is 9.28.